The Hall–Kier alpha value is -1.80. The van der Waals surface area contributed by atoms with Crippen molar-refractivity contribution in [2.75, 3.05) is 57.5 Å². The van der Waals surface area contributed by atoms with E-state index < -0.39 is 10.0 Å². The lowest BCUT2D eigenvalue weighted by molar-refractivity contribution is 0.443. The van der Waals surface area contributed by atoms with Crippen LogP contribution in [0.3, 0.4) is 0 Å². The van der Waals surface area contributed by atoms with E-state index in [1.165, 1.54) is 34.8 Å². The highest BCUT2D eigenvalue weighted by Crippen LogP contribution is 2.20. The number of hydrogen-bond donors (Lipinski definition) is 1. The predicted molar refractivity (Wildman–Crippen MR) is 122 cm³/mol. The van der Waals surface area contributed by atoms with Crippen molar-refractivity contribution < 1.29 is 8.42 Å². The lowest BCUT2D eigenvalue weighted by Crippen LogP contribution is -2.42. The number of piperidine rings is 1. The molecule has 1 heterocycles. The van der Waals surface area contributed by atoms with Gasteiger partial charge in [-0.05, 0) is 37.0 Å². The van der Waals surface area contributed by atoms with Crippen LogP contribution in [0.2, 0.25) is 0 Å². The Morgan fingerprint density at radius 1 is 1.10 bits per heavy atom. The third-order valence-corrected chi connectivity index (χ3v) is 7.42. The van der Waals surface area contributed by atoms with Gasteiger partial charge in [-0.3, -0.25) is 4.99 Å². The standard InChI is InChI=1S/C21H37N5O2S/c1-5-26(6-2)29(27,28)17-14-23-21(22-3)24(4)18-19-10-12-20(13-11-19)25-15-8-7-9-16-25/h10-13H,5-9,14-18H2,1-4H3,(H,22,23). The first kappa shape index (κ1) is 23.5. The van der Waals surface area contributed by atoms with Crippen molar-refractivity contribution in [2.45, 2.75) is 39.7 Å². The van der Waals surface area contributed by atoms with Crippen LogP contribution < -0.4 is 10.2 Å². The Bertz CT molecular complexity index is 739. The van der Waals surface area contributed by atoms with Gasteiger partial charge in [0, 0.05) is 59.1 Å². The number of benzene rings is 1. The molecule has 0 atom stereocenters. The molecule has 1 fully saturated rings. The number of aliphatic imine (C=N–C) groups is 1. The monoisotopic (exact) mass is 423 g/mol. The van der Waals surface area contributed by atoms with Gasteiger partial charge in [0.25, 0.3) is 0 Å². The molecule has 1 saturated heterocycles. The van der Waals surface area contributed by atoms with Crippen molar-refractivity contribution in [3.63, 3.8) is 0 Å². The normalized spacial score (nSPS) is 15.6. The molecule has 7 nitrogen and oxygen atoms in total. The van der Waals surface area contributed by atoms with Gasteiger partial charge >= 0.3 is 0 Å². The van der Waals surface area contributed by atoms with Crippen LogP contribution in [0, 0.1) is 0 Å². The molecule has 1 aliphatic heterocycles. The molecule has 1 aromatic rings. The first-order valence-corrected chi connectivity index (χ1v) is 12.3. The summed E-state index contributed by atoms with van der Waals surface area (Å²) in [6, 6.07) is 8.72. The van der Waals surface area contributed by atoms with Crippen LogP contribution in [0.4, 0.5) is 5.69 Å². The van der Waals surface area contributed by atoms with Crippen molar-refractivity contribution >= 4 is 21.7 Å². The molecule has 0 amide bonds. The molecular formula is C21H37N5O2S. The fourth-order valence-corrected chi connectivity index (χ4v) is 5.14. The first-order valence-electron chi connectivity index (χ1n) is 10.6. The summed E-state index contributed by atoms with van der Waals surface area (Å²) in [6.45, 7) is 8.06. The SMILES string of the molecule is CCN(CC)S(=O)(=O)CCNC(=NC)N(C)Cc1ccc(N2CCCCC2)cc1. The van der Waals surface area contributed by atoms with Crippen molar-refractivity contribution in [2.24, 2.45) is 4.99 Å². The van der Waals surface area contributed by atoms with E-state index in [1.54, 1.807) is 7.05 Å². The average molecular weight is 424 g/mol. The van der Waals surface area contributed by atoms with Gasteiger partial charge in [-0.2, -0.15) is 0 Å². The third-order valence-electron chi connectivity index (χ3n) is 5.39. The van der Waals surface area contributed by atoms with Crippen LogP contribution in [-0.2, 0) is 16.6 Å². The molecule has 0 aromatic heterocycles. The van der Waals surface area contributed by atoms with Gasteiger partial charge in [-0.1, -0.05) is 26.0 Å². The van der Waals surface area contributed by atoms with Gasteiger partial charge in [0.15, 0.2) is 5.96 Å². The van der Waals surface area contributed by atoms with E-state index in [1.807, 2.05) is 25.8 Å². The minimum Gasteiger partial charge on any atom is -0.372 e. The quantitative estimate of drug-likeness (QED) is 0.488. The van der Waals surface area contributed by atoms with Crippen molar-refractivity contribution in [3.8, 4) is 0 Å². The van der Waals surface area contributed by atoms with Gasteiger partial charge in [-0.15, -0.1) is 0 Å². The minimum atomic E-state index is -3.23. The van der Waals surface area contributed by atoms with Gasteiger partial charge in [0.1, 0.15) is 0 Å². The molecule has 0 spiro atoms. The summed E-state index contributed by atoms with van der Waals surface area (Å²) in [4.78, 5) is 8.76. The van der Waals surface area contributed by atoms with E-state index in [2.05, 4.69) is 39.5 Å². The average Bonchev–Trinajstić information content (AvgIpc) is 2.73. The van der Waals surface area contributed by atoms with Crippen molar-refractivity contribution in [3.05, 3.63) is 29.8 Å². The lowest BCUT2D eigenvalue weighted by atomic mass is 10.1. The van der Waals surface area contributed by atoms with Gasteiger partial charge < -0.3 is 15.1 Å². The number of hydrogen-bond acceptors (Lipinski definition) is 4. The van der Waals surface area contributed by atoms with Gasteiger partial charge in [0.05, 0.1) is 5.75 Å². The predicted octanol–water partition coefficient (Wildman–Crippen LogP) is 2.36. The minimum absolute atomic E-state index is 0.0616. The summed E-state index contributed by atoms with van der Waals surface area (Å²) < 4.78 is 26.1. The topological polar surface area (TPSA) is 68.2 Å². The molecule has 2 rings (SSSR count). The summed E-state index contributed by atoms with van der Waals surface area (Å²) >= 11 is 0. The maximum atomic E-state index is 12.3. The molecule has 0 aliphatic carbocycles. The molecule has 1 aromatic carbocycles. The second kappa shape index (κ2) is 11.4. The number of guanidine groups is 1. The van der Waals surface area contributed by atoms with Crippen LogP contribution in [0.15, 0.2) is 29.3 Å². The van der Waals surface area contributed by atoms with E-state index in [-0.39, 0.29) is 5.75 Å². The van der Waals surface area contributed by atoms with Gasteiger partial charge in [0.2, 0.25) is 10.0 Å². The summed E-state index contributed by atoms with van der Waals surface area (Å²) in [5.41, 5.74) is 2.49. The molecule has 0 saturated carbocycles. The Morgan fingerprint density at radius 2 is 1.72 bits per heavy atom. The second-order valence-electron chi connectivity index (χ2n) is 7.44. The van der Waals surface area contributed by atoms with Crippen LogP contribution in [0.1, 0.15) is 38.7 Å². The van der Waals surface area contributed by atoms with Crippen molar-refractivity contribution in [1.29, 1.82) is 0 Å². The highest BCUT2D eigenvalue weighted by Gasteiger charge is 2.18. The first-order chi connectivity index (χ1) is 13.9. The third kappa shape index (κ3) is 6.89. The molecule has 0 unspecified atom stereocenters. The Labute approximate surface area is 176 Å². The summed E-state index contributed by atoms with van der Waals surface area (Å²) in [5, 5.41) is 3.17. The number of nitrogens with one attached hydrogen (secondary N) is 1. The van der Waals surface area contributed by atoms with E-state index >= 15 is 0 Å². The zero-order valence-electron chi connectivity index (χ0n) is 18.4. The molecular weight excluding hydrogens is 386 g/mol. The number of sulfonamides is 1. The van der Waals surface area contributed by atoms with Gasteiger partial charge in [-0.25, -0.2) is 12.7 Å². The molecule has 0 bridgehead atoms. The largest absolute Gasteiger partial charge is 0.372 e. The fourth-order valence-electron chi connectivity index (χ4n) is 3.74. The zero-order chi connectivity index (χ0) is 21.3. The highest BCUT2D eigenvalue weighted by molar-refractivity contribution is 7.89. The van der Waals surface area contributed by atoms with Crippen LogP contribution >= 0.6 is 0 Å². The van der Waals surface area contributed by atoms with Crippen LogP contribution in [-0.4, -0.2) is 76.2 Å². The van der Waals surface area contributed by atoms with Crippen LogP contribution in [0.5, 0.6) is 0 Å². The Balaban J connectivity index is 1.87. The second-order valence-corrected chi connectivity index (χ2v) is 9.53. The van der Waals surface area contributed by atoms with E-state index in [0.717, 1.165) is 13.1 Å². The zero-order valence-corrected chi connectivity index (χ0v) is 19.2. The summed E-state index contributed by atoms with van der Waals surface area (Å²) in [7, 11) is 0.451. The molecule has 8 heteroatoms. The fraction of sp³-hybridized carbons (Fsp3) is 0.667. The Kier molecular flexibility index (Phi) is 9.23. The Morgan fingerprint density at radius 3 is 2.28 bits per heavy atom. The number of anilines is 1. The number of nitrogens with zero attached hydrogens (tertiary/aromatic N) is 4. The highest BCUT2D eigenvalue weighted by atomic mass is 32.2. The molecule has 29 heavy (non-hydrogen) atoms. The summed E-state index contributed by atoms with van der Waals surface area (Å²) in [6.07, 6.45) is 3.88. The number of rotatable bonds is 9. The maximum Gasteiger partial charge on any atom is 0.215 e. The van der Waals surface area contributed by atoms with Crippen molar-refractivity contribution in [1.82, 2.24) is 14.5 Å². The maximum absolute atomic E-state index is 12.3. The van der Waals surface area contributed by atoms with Crippen LogP contribution in [0.25, 0.3) is 0 Å². The molecule has 0 radical (unpaired) electrons. The molecule has 1 N–H and O–H groups in total. The lowest BCUT2D eigenvalue weighted by Gasteiger charge is -2.29. The smallest absolute Gasteiger partial charge is 0.215 e. The van der Waals surface area contributed by atoms with E-state index in [0.29, 0.717) is 32.1 Å². The van der Waals surface area contributed by atoms with E-state index in [4.69, 9.17) is 0 Å². The molecule has 1 aliphatic rings. The molecule has 164 valence electrons. The summed E-state index contributed by atoms with van der Waals surface area (Å²) in [5.74, 6) is 0.756. The van der Waals surface area contributed by atoms with E-state index in [9.17, 15) is 8.42 Å².